The van der Waals surface area contributed by atoms with Crippen LogP contribution in [0.3, 0.4) is 0 Å². The van der Waals surface area contributed by atoms with Crippen LogP contribution in [0, 0.1) is 11.8 Å². The van der Waals surface area contributed by atoms with Crippen molar-refractivity contribution in [2.24, 2.45) is 11.8 Å². The topological polar surface area (TPSA) is 47.9 Å². The number of rotatable bonds is 0. The molecule has 1 saturated heterocycles. The van der Waals surface area contributed by atoms with Crippen molar-refractivity contribution in [2.45, 2.75) is 69.0 Å². The number of hydrogen-bond donors (Lipinski definition) is 1. The maximum Gasteiger partial charge on any atom is 0.207 e. The standard InChI is InChI=1S/C13H20O4/c14-11-2-1-5-12(8-11)15-13(17-16-12)7-9-3-4-10(13)6-9/h9-11,14H,1-8H2/t9?,10?,11-,12-,13?/m1/s1. The third kappa shape index (κ3) is 1.51. The highest BCUT2D eigenvalue weighted by atomic mass is 17.3. The summed E-state index contributed by atoms with van der Waals surface area (Å²) in [5.41, 5.74) is 0. The fourth-order valence-corrected chi connectivity index (χ4v) is 4.29. The molecule has 5 atom stereocenters. The van der Waals surface area contributed by atoms with Crippen LogP contribution < -0.4 is 0 Å². The van der Waals surface area contributed by atoms with Gasteiger partial charge in [-0.15, -0.1) is 0 Å². The Morgan fingerprint density at radius 2 is 2.00 bits per heavy atom. The van der Waals surface area contributed by atoms with E-state index in [1.54, 1.807) is 0 Å². The smallest absolute Gasteiger partial charge is 0.207 e. The molecule has 2 bridgehead atoms. The minimum absolute atomic E-state index is 0.305. The lowest BCUT2D eigenvalue weighted by Gasteiger charge is -2.35. The second kappa shape index (κ2) is 3.44. The second-order valence-electron chi connectivity index (χ2n) is 6.32. The van der Waals surface area contributed by atoms with Crippen LogP contribution in [0.2, 0.25) is 0 Å². The van der Waals surface area contributed by atoms with E-state index in [1.165, 1.54) is 19.3 Å². The summed E-state index contributed by atoms with van der Waals surface area (Å²) in [4.78, 5) is 11.2. The largest absolute Gasteiger partial charge is 0.393 e. The molecule has 0 amide bonds. The van der Waals surface area contributed by atoms with Crippen molar-refractivity contribution in [3.05, 3.63) is 0 Å². The van der Waals surface area contributed by atoms with Gasteiger partial charge in [-0.05, 0) is 38.0 Å². The Balaban J connectivity index is 1.55. The van der Waals surface area contributed by atoms with E-state index in [4.69, 9.17) is 14.5 Å². The van der Waals surface area contributed by atoms with Gasteiger partial charge in [0, 0.05) is 25.2 Å². The number of aliphatic hydroxyl groups is 1. The predicted octanol–water partition coefficient (Wildman–Crippen LogP) is 2.11. The minimum Gasteiger partial charge on any atom is -0.393 e. The van der Waals surface area contributed by atoms with Gasteiger partial charge in [-0.1, -0.05) is 0 Å². The van der Waals surface area contributed by atoms with Crippen LogP contribution in [0.4, 0.5) is 0 Å². The Labute approximate surface area is 101 Å². The zero-order valence-electron chi connectivity index (χ0n) is 10.1. The van der Waals surface area contributed by atoms with Gasteiger partial charge >= 0.3 is 0 Å². The van der Waals surface area contributed by atoms with Crippen molar-refractivity contribution in [3.8, 4) is 0 Å². The van der Waals surface area contributed by atoms with Gasteiger partial charge in [-0.25, -0.2) is 0 Å². The molecule has 17 heavy (non-hydrogen) atoms. The molecular weight excluding hydrogens is 220 g/mol. The molecule has 3 aliphatic carbocycles. The molecule has 0 aromatic carbocycles. The third-order valence-electron chi connectivity index (χ3n) is 5.07. The molecule has 3 saturated carbocycles. The first-order valence-corrected chi connectivity index (χ1v) is 6.95. The van der Waals surface area contributed by atoms with Gasteiger partial charge in [0.05, 0.1) is 6.10 Å². The summed E-state index contributed by atoms with van der Waals surface area (Å²) in [6.45, 7) is 0. The fraction of sp³-hybridized carbons (Fsp3) is 1.00. The summed E-state index contributed by atoms with van der Waals surface area (Å²) in [6.07, 6.45) is 7.64. The van der Waals surface area contributed by atoms with Crippen LogP contribution >= 0.6 is 0 Å². The van der Waals surface area contributed by atoms with Gasteiger partial charge < -0.3 is 9.84 Å². The summed E-state index contributed by atoms with van der Waals surface area (Å²) in [6, 6.07) is 0. The second-order valence-corrected chi connectivity index (χ2v) is 6.32. The average molecular weight is 240 g/mol. The Bertz CT molecular complexity index is 333. The molecule has 96 valence electrons. The molecule has 0 aromatic rings. The monoisotopic (exact) mass is 240 g/mol. The van der Waals surface area contributed by atoms with Crippen LogP contribution in [0.15, 0.2) is 0 Å². The van der Waals surface area contributed by atoms with E-state index < -0.39 is 11.6 Å². The molecule has 4 aliphatic rings. The van der Waals surface area contributed by atoms with Crippen molar-refractivity contribution in [3.63, 3.8) is 0 Å². The molecule has 4 nitrogen and oxygen atoms in total. The van der Waals surface area contributed by atoms with E-state index in [-0.39, 0.29) is 6.10 Å². The Kier molecular flexibility index (Phi) is 2.17. The highest BCUT2D eigenvalue weighted by Gasteiger charge is 2.63. The average Bonchev–Trinajstić information content (AvgIpc) is 2.94. The summed E-state index contributed by atoms with van der Waals surface area (Å²) in [5.74, 6) is 0.139. The highest BCUT2D eigenvalue weighted by molar-refractivity contribution is 5.00. The van der Waals surface area contributed by atoms with Crippen LogP contribution in [-0.2, 0) is 14.5 Å². The van der Waals surface area contributed by atoms with Crippen molar-refractivity contribution >= 4 is 0 Å². The Morgan fingerprint density at radius 3 is 2.71 bits per heavy atom. The maximum absolute atomic E-state index is 9.78. The maximum atomic E-state index is 9.78. The van der Waals surface area contributed by atoms with Crippen molar-refractivity contribution in [2.75, 3.05) is 0 Å². The Morgan fingerprint density at radius 1 is 1.06 bits per heavy atom. The zero-order valence-corrected chi connectivity index (χ0v) is 10.1. The molecule has 1 N–H and O–H groups in total. The van der Waals surface area contributed by atoms with E-state index in [9.17, 15) is 5.11 Å². The van der Waals surface area contributed by atoms with E-state index in [2.05, 4.69) is 0 Å². The van der Waals surface area contributed by atoms with Gasteiger partial charge in [-0.3, -0.25) is 0 Å². The quantitative estimate of drug-likeness (QED) is 0.659. The molecule has 4 fully saturated rings. The summed E-state index contributed by atoms with van der Waals surface area (Å²) >= 11 is 0. The SMILES string of the molecule is O[C@@H]1CCC[C@]2(C1)OOC1(CC3CCC1C3)O2. The number of aliphatic hydroxyl groups excluding tert-OH is 1. The zero-order chi connectivity index (χ0) is 11.5. The fourth-order valence-electron chi connectivity index (χ4n) is 4.29. The van der Waals surface area contributed by atoms with Gasteiger partial charge in [0.2, 0.25) is 11.6 Å². The first-order chi connectivity index (χ1) is 8.20. The van der Waals surface area contributed by atoms with E-state index in [0.29, 0.717) is 12.3 Å². The van der Waals surface area contributed by atoms with Crippen LogP contribution in [0.25, 0.3) is 0 Å². The normalized spacial score (nSPS) is 57.4. The molecule has 4 rings (SSSR count). The molecule has 4 heteroatoms. The minimum atomic E-state index is -0.651. The van der Waals surface area contributed by atoms with Gasteiger partial charge in [0.15, 0.2) is 0 Å². The first kappa shape index (κ1) is 10.7. The predicted molar refractivity (Wildman–Crippen MR) is 58.6 cm³/mol. The van der Waals surface area contributed by atoms with Crippen molar-refractivity contribution in [1.82, 2.24) is 0 Å². The third-order valence-corrected chi connectivity index (χ3v) is 5.07. The lowest BCUT2D eigenvalue weighted by Crippen LogP contribution is -2.43. The molecule has 0 radical (unpaired) electrons. The lowest BCUT2D eigenvalue weighted by atomic mass is 9.90. The molecule has 1 aliphatic heterocycles. The first-order valence-electron chi connectivity index (χ1n) is 6.95. The molecular formula is C13H20O4. The Hall–Kier alpha value is -0.160. The molecule has 1 heterocycles. The van der Waals surface area contributed by atoms with E-state index in [0.717, 1.165) is 31.6 Å². The number of hydrogen-bond acceptors (Lipinski definition) is 4. The van der Waals surface area contributed by atoms with Gasteiger partial charge in [0.1, 0.15) is 0 Å². The van der Waals surface area contributed by atoms with Gasteiger partial charge in [-0.2, -0.15) is 9.78 Å². The summed E-state index contributed by atoms with van der Waals surface area (Å²) in [7, 11) is 0. The molecule has 2 spiro atoms. The summed E-state index contributed by atoms with van der Waals surface area (Å²) < 4.78 is 6.24. The van der Waals surface area contributed by atoms with Crippen molar-refractivity contribution in [1.29, 1.82) is 0 Å². The van der Waals surface area contributed by atoms with Crippen LogP contribution in [0.1, 0.15) is 51.4 Å². The highest BCUT2D eigenvalue weighted by Crippen LogP contribution is 2.58. The number of ether oxygens (including phenoxy) is 1. The van der Waals surface area contributed by atoms with Gasteiger partial charge in [0.25, 0.3) is 0 Å². The van der Waals surface area contributed by atoms with E-state index >= 15 is 0 Å². The van der Waals surface area contributed by atoms with Crippen molar-refractivity contribution < 1.29 is 19.6 Å². The van der Waals surface area contributed by atoms with E-state index in [1.807, 2.05) is 0 Å². The lowest BCUT2D eigenvalue weighted by molar-refractivity contribution is -0.363. The van der Waals surface area contributed by atoms with Crippen LogP contribution in [0.5, 0.6) is 0 Å². The summed E-state index contributed by atoms with van der Waals surface area (Å²) in [5, 5.41) is 9.78. The molecule has 0 aromatic heterocycles. The van der Waals surface area contributed by atoms with Crippen LogP contribution in [-0.4, -0.2) is 22.8 Å². The molecule has 3 unspecified atom stereocenters. The number of fused-ring (bicyclic) bond motifs is 3.